The summed E-state index contributed by atoms with van der Waals surface area (Å²) in [5, 5.41) is 33.8. The molecule has 1 unspecified atom stereocenters. The number of nitro groups is 1. The molecule has 20 rings (SSSR count). The van der Waals surface area contributed by atoms with Crippen LogP contribution in [0, 0.1) is 10.1 Å². The molecule has 0 amide bonds. The molecule has 7 heterocycles. The lowest BCUT2D eigenvalue weighted by molar-refractivity contribution is -0.384. The molecule has 1 aliphatic heterocycles. The standard InChI is InChI=1S/C90H75N12O8P3/c103-102(104)66-48-45-64(46-49-66)91-92-65-47-50-90-78(63-65)77-33-11-22-44-89(77)101(90)56-62-110-113(109-61-55-100-87-42-20-9-31-75(87)76-32-10-21-43-88(76)100)94-111(105-57-51-96-79-34-12-1-23-67(79)68-24-2-13-35-80(68)96,106-58-52-97-81-36-14-3-25-69(81)70-26-4-15-37-82(70)97)93-112(95-113,107-59-53-98-83-38-16-5-27-71(83)72-28-6-17-39-84(72)98)108-60-54-99-85-40-18-7-29-73(85)74-30-8-19-41-86(74)99/h1-50,63H,51-62H2. The number of aromatic nitrogens is 6. The number of hydrogen-bond donors (Lipinski definition) is 0. The van der Waals surface area contributed by atoms with E-state index in [1.807, 2.05) is 30.3 Å². The number of rotatable bonds is 27. The molecule has 113 heavy (non-hydrogen) atoms. The van der Waals surface area contributed by atoms with Gasteiger partial charge in [0.15, 0.2) is 0 Å². The fraction of sp³-hybridized carbons (Fsp3) is 0.133. The molecule has 1 atom stereocenters. The topological polar surface area (TPSA) is 190 Å². The van der Waals surface area contributed by atoms with Crippen molar-refractivity contribution in [1.82, 2.24) is 27.4 Å². The Bertz CT molecular complexity index is 6410. The van der Waals surface area contributed by atoms with E-state index in [-0.39, 0.29) is 45.3 Å². The first-order chi connectivity index (χ1) is 55.7. The van der Waals surface area contributed by atoms with Crippen molar-refractivity contribution >= 4 is 171 Å². The quantitative estimate of drug-likeness (QED) is 0.0210. The monoisotopic (exact) mass is 1540 g/mol. The summed E-state index contributed by atoms with van der Waals surface area (Å²) in [5.74, 6) is 0. The van der Waals surface area contributed by atoms with Crippen LogP contribution in [0.5, 0.6) is 0 Å². The van der Waals surface area contributed by atoms with Crippen LogP contribution in [0.3, 0.4) is 0 Å². The maximum Gasteiger partial charge on any atom is 0.349 e. The molecule has 0 radical (unpaired) electrons. The summed E-state index contributed by atoms with van der Waals surface area (Å²) < 4.78 is 77.9. The average Bonchev–Trinajstić information content (AvgIpc) is 1.66. The third kappa shape index (κ3) is 12.9. The molecule has 13 aromatic carbocycles. The minimum absolute atomic E-state index is 0.0247. The van der Waals surface area contributed by atoms with Crippen molar-refractivity contribution in [2.45, 2.75) is 39.3 Å². The largest absolute Gasteiger partial charge is 0.349 e. The summed E-state index contributed by atoms with van der Waals surface area (Å²) in [6.07, 6.45) is 0. The third-order valence-corrected chi connectivity index (χ3v) is 30.2. The first-order valence-electron chi connectivity index (χ1n) is 38.0. The second kappa shape index (κ2) is 29.7. The maximum absolute atomic E-state index is 11.5. The zero-order valence-corrected chi connectivity index (χ0v) is 64.1. The Morgan fingerprint density at radius 3 is 0.655 bits per heavy atom. The number of benzene rings is 13. The van der Waals surface area contributed by atoms with Crippen LogP contribution in [0.15, 0.2) is 333 Å². The first-order valence-corrected chi connectivity index (χ1v) is 42.6. The lowest BCUT2D eigenvalue weighted by Gasteiger charge is -2.34. The Balaban J connectivity index is 0.773. The lowest BCUT2D eigenvalue weighted by atomic mass is 10.1. The molecule has 0 saturated heterocycles. The smallest absolute Gasteiger partial charge is 0.338 e. The van der Waals surface area contributed by atoms with Crippen molar-refractivity contribution in [3.63, 3.8) is 0 Å². The minimum atomic E-state index is -4.24. The Hall–Kier alpha value is -11.9. The molecule has 0 saturated carbocycles. The highest BCUT2D eigenvalue weighted by Crippen LogP contribution is 2.80. The Morgan fingerprint density at radius 2 is 0.434 bits per heavy atom. The summed E-state index contributed by atoms with van der Waals surface area (Å²) in [4.78, 5) is 11.1. The molecule has 0 aliphatic carbocycles. The van der Waals surface area contributed by atoms with E-state index in [9.17, 15) is 10.1 Å². The molecule has 6 aromatic heterocycles. The van der Waals surface area contributed by atoms with E-state index in [0.29, 0.717) is 50.6 Å². The minimum Gasteiger partial charge on any atom is -0.338 e. The van der Waals surface area contributed by atoms with Gasteiger partial charge in [0.25, 0.3) is 5.69 Å². The van der Waals surface area contributed by atoms with Gasteiger partial charge < -0.3 is 54.5 Å². The van der Waals surface area contributed by atoms with Gasteiger partial charge in [-0.15, -0.1) is 13.5 Å². The van der Waals surface area contributed by atoms with Crippen LogP contribution >= 0.6 is 23.0 Å². The number of nitro benzene ring substituents is 1. The summed E-state index contributed by atoms with van der Waals surface area (Å²) in [7, 11) is -12.7. The number of non-ortho nitro benzene ring substituents is 1. The number of azo groups is 1. The van der Waals surface area contributed by atoms with Crippen LogP contribution in [0.2, 0.25) is 0 Å². The van der Waals surface area contributed by atoms with E-state index in [0.717, 1.165) is 131 Å². The Kier molecular flexibility index (Phi) is 18.4. The summed E-state index contributed by atoms with van der Waals surface area (Å²) >= 11 is 0. The van der Waals surface area contributed by atoms with Crippen LogP contribution in [0.1, 0.15) is 0 Å². The summed E-state index contributed by atoms with van der Waals surface area (Å²) in [6, 6.07) is 105. The van der Waals surface area contributed by atoms with Crippen molar-refractivity contribution < 1.29 is 32.1 Å². The van der Waals surface area contributed by atoms with E-state index in [1.165, 1.54) is 12.1 Å². The van der Waals surface area contributed by atoms with Gasteiger partial charge in [-0.05, 0) is 97.1 Å². The first kappa shape index (κ1) is 70.2. The second-order valence-corrected chi connectivity index (χ2v) is 34.7. The van der Waals surface area contributed by atoms with Crippen molar-refractivity contribution in [2.75, 3.05) is 39.6 Å². The highest BCUT2D eigenvalue weighted by molar-refractivity contribution is 7.78. The molecule has 0 spiro atoms. The highest BCUT2D eigenvalue weighted by atomic mass is 31.3. The molecule has 0 bridgehead atoms. The second-order valence-electron chi connectivity index (χ2n) is 28.0. The number of hydrogen-bond acceptors (Lipinski definition) is 13. The fourth-order valence-electron chi connectivity index (χ4n) is 16.7. The normalized spacial score (nSPS) is 15.1. The molecule has 19 aromatic rings. The molecule has 1 aliphatic rings. The zero-order chi connectivity index (χ0) is 75.5. The van der Waals surface area contributed by atoms with Gasteiger partial charge in [-0.3, -0.25) is 10.1 Å². The van der Waals surface area contributed by atoms with Crippen molar-refractivity contribution in [3.8, 4) is 0 Å². The van der Waals surface area contributed by atoms with Gasteiger partial charge in [0.05, 0.1) is 55.9 Å². The zero-order valence-electron chi connectivity index (χ0n) is 61.4. The molecule has 20 nitrogen and oxygen atoms in total. The highest BCUT2D eigenvalue weighted by Gasteiger charge is 2.44. The Labute approximate surface area is 648 Å². The van der Waals surface area contributed by atoms with E-state index >= 15 is 0 Å². The van der Waals surface area contributed by atoms with Gasteiger partial charge in [-0.25, -0.2) is 0 Å². The summed E-state index contributed by atoms with van der Waals surface area (Å²) in [6.45, 7) is 2.65. The van der Waals surface area contributed by atoms with Crippen molar-refractivity contribution in [1.29, 1.82) is 0 Å². The number of nitrogens with zero attached hydrogens (tertiary/aromatic N) is 12. The molecule has 0 N–H and O–H groups in total. The van der Waals surface area contributed by atoms with Gasteiger partial charge in [0, 0.05) is 182 Å². The van der Waals surface area contributed by atoms with Crippen LogP contribution < -0.4 is 0 Å². The Morgan fingerprint density at radius 1 is 0.248 bits per heavy atom. The van der Waals surface area contributed by atoms with Crippen LogP contribution in [-0.2, 0) is 66.4 Å². The molecule has 558 valence electrons. The molecular formula is C90H75N12O8P3. The maximum atomic E-state index is 11.5. The van der Waals surface area contributed by atoms with E-state index in [4.69, 9.17) is 40.7 Å². The predicted octanol–water partition coefficient (Wildman–Crippen LogP) is 25.1. The molecular weight excluding hydrogens is 1470 g/mol. The van der Waals surface area contributed by atoms with Crippen LogP contribution in [-0.4, -0.2) is 72.0 Å². The van der Waals surface area contributed by atoms with Crippen LogP contribution in [0.4, 0.5) is 17.1 Å². The van der Waals surface area contributed by atoms with Gasteiger partial charge in [-0.2, -0.15) is 10.2 Å². The SMILES string of the molecule is O=[N+]([O-])c1ccc(N=Nc2ccc3c(c2)c2ccccc2n3CCOP2(OCCn3c4ccccc4c4ccccc43)=NP(OCCn3c4ccccc4c4ccccc43)(OCCn3c4ccccc4c4ccccc43)=NP(OCCn3c4ccccc4c4ccccc43)(OCCn3c4ccccc4c4ccccc43)=N2)cc1. The number of para-hydroxylation sites is 11. The van der Waals surface area contributed by atoms with Gasteiger partial charge in [-0.1, -0.05) is 200 Å². The van der Waals surface area contributed by atoms with E-state index < -0.39 is 27.9 Å². The van der Waals surface area contributed by atoms with Gasteiger partial charge >= 0.3 is 23.0 Å². The van der Waals surface area contributed by atoms with Gasteiger partial charge in [0.2, 0.25) is 0 Å². The van der Waals surface area contributed by atoms with Crippen molar-refractivity contribution in [3.05, 3.63) is 319 Å². The average molecular weight is 1550 g/mol. The number of fused-ring (bicyclic) bond motifs is 18. The third-order valence-electron chi connectivity index (χ3n) is 21.6. The van der Waals surface area contributed by atoms with E-state index in [2.05, 4.69) is 292 Å². The predicted molar refractivity (Wildman–Crippen MR) is 458 cm³/mol. The lowest BCUT2D eigenvalue weighted by Crippen LogP contribution is -2.14. The van der Waals surface area contributed by atoms with E-state index in [1.54, 1.807) is 12.1 Å². The summed E-state index contributed by atoms with van der Waals surface area (Å²) in [5.41, 5.74) is 13.5. The van der Waals surface area contributed by atoms with Gasteiger partial charge in [0.1, 0.15) is 0 Å². The van der Waals surface area contributed by atoms with Crippen LogP contribution in [0.25, 0.3) is 131 Å². The molecule has 23 heteroatoms. The van der Waals surface area contributed by atoms with Crippen molar-refractivity contribution in [2.24, 2.45) is 23.8 Å². The molecule has 0 fully saturated rings. The fourth-order valence-corrected chi connectivity index (χ4v) is 26.2.